The minimum atomic E-state index is -4.66. The lowest BCUT2D eigenvalue weighted by atomic mass is 10.3. The lowest BCUT2D eigenvalue weighted by molar-refractivity contribution is -0.142. The van der Waals surface area contributed by atoms with Gasteiger partial charge in [0.05, 0.1) is 16.8 Å². The fraction of sp³-hybridized carbons (Fsp3) is 0.625. The molecule has 1 aromatic rings. The van der Waals surface area contributed by atoms with Crippen LogP contribution in [0.25, 0.3) is 0 Å². The third kappa shape index (κ3) is 2.31. The van der Waals surface area contributed by atoms with Crippen molar-refractivity contribution < 1.29 is 23.4 Å². The molecule has 16 heavy (non-hydrogen) atoms. The highest BCUT2D eigenvalue weighted by molar-refractivity contribution is 6.31. The van der Waals surface area contributed by atoms with E-state index in [1.54, 1.807) is 0 Å². The summed E-state index contributed by atoms with van der Waals surface area (Å²) in [6.07, 6.45) is -6.47. The predicted octanol–water partition coefficient (Wildman–Crippen LogP) is 1.74. The Morgan fingerprint density at radius 1 is 1.38 bits per heavy atom. The van der Waals surface area contributed by atoms with Crippen molar-refractivity contribution >= 4 is 11.6 Å². The second-order valence-electron chi connectivity index (χ2n) is 3.34. The summed E-state index contributed by atoms with van der Waals surface area (Å²) >= 11 is 5.48. The monoisotopic (exact) mass is 258 g/mol. The van der Waals surface area contributed by atoms with Crippen LogP contribution in [-0.2, 0) is 6.18 Å². The van der Waals surface area contributed by atoms with Crippen LogP contribution < -0.4 is 0 Å². The van der Waals surface area contributed by atoms with Gasteiger partial charge in [0.25, 0.3) is 0 Å². The lowest BCUT2D eigenvalue weighted by Gasteiger charge is -2.15. The van der Waals surface area contributed by atoms with E-state index in [9.17, 15) is 13.2 Å². The van der Waals surface area contributed by atoms with Crippen molar-refractivity contribution in [1.82, 2.24) is 9.78 Å². The van der Waals surface area contributed by atoms with Crippen LogP contribution in [0.4, 0.5) is 13.2 Å². The second-order valence-corrected chi connectivity index (χ2v) is 3.72. The molecule has 0 saturated carbocycles. The Morgan fingerprint density at radius 3 is 2.19 bits per heavy atom. The number of halogens is 4. The zero-order valence-corrected chi connectivity index (χ0v) is 9.21. The van der Waals surface area contributed by atoms with Gasteiger partial charge >= 0.3 is 6.18 Å². The third-order valence-corrected chi connectivity index (χ3v) is 2.62. The Bertz CT molecular complexity index is 389. The number of aliphatic hydroxyl groups excluding tert-OH is 1. The summed E-state index contributed by atoms with van der Waals surface area (Å²) in [5.74, 6) is 0. The number of alkyl halides is 3. The minimum absolute atomic E-state index is 0.0367. The van der Waals surface area contributed by atoms with Gasteiger partial charge in [-0.3, -0.25) is 4.68 Å². The number of rotatable bonds is 2. The van der Waals surface area contributed by atoms with E-state index >= 15 is 0 Å². The van der Waals surface area contributed by atoms with Gasteiger partial charge in [-0.25, -0.2) is 0 Å². The number of hydrogen-bond acceptors (Lipinski definition) is 3. The number of aromatic nitrogens is 2. The Hall–Kier alpha value is -0.790. The Balaban J connectivity index is 3.25. The summed E-state index contributed by atoms with van der Waals surface area (Å²) in [6, 6.07) is -1.01. The molecular weight excluding hydrogens is 249 g/mol. The molecule has 0 saturated heterocycles. The predicted molar refractivity (Wildman–Crippen MR) is 49.9 cm³/mol. The molecule has 0 radical (unpaired) electrons. The number of hydrogen-bond donors (Lipinski definition) is 2. The highest BCUT2D eigenvalue weighted by atomic mass is 35.5. The average Bonchev–Trinajstić information content (AvgIpc) is 2.42. The van der Waals surface area contributed by atoms with Crippen LogP contribution in [0.3, 0.4) is 0 Å². The van der Waals surface area contributed by atoms with Crippen molar-refractivity contribution in [2.75, 3.05) is 0 Å². The van der Waals surface area contributed by atoms with Gasteiger partial charge in [0.2, 0.25) is 0 Å². The molecule has 0 fully saturated rings. The van der Waals surface area contributed by atoms with E-state index in [0.29, 0.717) is 0 Å². The molecule has 0 spiro atoms. The summed E-state index contributed by atoms with van der Waals surface area (Å²) in [5, 5.41) is 20.5. The van der Waals surface area contributed by atoms with Crippen LogP contribution in [0.1, 0.15) is 24.4 Å². The van der Waals surface area contributed by atoms with E-state index in [1.165, 1.54) is 13.8 Å². The molecule has 1 unspecified atom stereocenters. The highest BCUT2D eigenvalue weighted by Gasteiger charge is 2.39. The molecule has 0 aliphatic heterocycles. The first kappa shape index (κ1) is 13.3. The number of nitrogens with zero attached hydrogens (tertiary/aromatic N) is 2. The molecule has 0 aliphatic carbocycles. The van der Waals surface area contributed by atoms with Crippen LogP contribution in [0.15, 0.2) is 0 Å². The summed E-state index contributed by atoms with van der Waals surface area (Å²) in [7, 11) is 0. The fourth-order valence-corrected chi connectivity index (χ4v) is 1.43. The zero-order valence-electron chi connectivity index (χ0n) is 8.46. The molecule has 1 rings (SSSR count). The van der Waals surface area contributed by atoms with Gasteiger partial charge in [-0.05, 0) is 13.8 Å². The smallest absolute Gasteiger partial charge is 0.366 e. The van der Waals surface area contributed by atoms with Crippen molar-refractivity contribution in [3.8, 4) is 0 Å². The van der Waals surface area contributed by atoms with Gasteiger partial charge in [-0.1, -0.05) is 11.6 Å². The summed E-state index contributed by atoms with van der Waals surface area (Å²) in [4.78, 5) is 0. The molecule has 1 aromatic heterocycles. The first-order valence-electron chi connectivity index (χ1n) is 4.34. The molecule has 4 nitrogen and oxygen atoms in total. The van der Waals surface area contributed by atoms with E-state index in [2.05, 4.69) is 5.10 Å². The van der Waals surface area contributed by atoms with E-state index in [4.69, 9.17) is 21.8 Å². The molecule has 0 bridgehead atoms. The summed E-state index contributed by atoms with van der Waals surface area (Å²) < 4.78 is 38.1. The van der Waals surface area contributed by atoms with Crippen molar-refractivity contribution in [3.63, 3.8) is 0 Å². The summed E-state index contributed by atoms with van der Waals surface area (Å²) in [5.41, 5.74) is -1.19. The first-order chi connectivity index (χ1) is 7.16. The van der Waals surface area contributed by atoms with Crippen LogP contribution in [-0.4, -0.2) is 26.3 Å². The first-order valence-corrected chi connectivity index (χ1v) is 4.72. The van der Waals surface area contributed by atoms with Crippen LogP contribution in [0, 0.1) is 6.92 Å². The van der Waals surface area contributed by atoms with Gasteiger partial charge in [-0.15, -0.1) is 0 Å². The quantitative estimate of drug-likeness (QED) is 0.795. The van der Waals surface area contributed by atoms with E-state index in [0.717, 1.165) is 4.68 Å². The Labute approximate surface area is 94.3 Å². The fourth-order valence-electron chi connectivity index (χ4n) is 1.20. The Kier molecular flexibility index (Phi) is 3.51. The normalized spacial score (nSPS) is 14.6. The van der Waals surface area contributed by atoms with E-state index in [-0.39, 0.29) is 5.69 Å². The molecule has 1 atom stereocenters. The van der Waals surface area contributed by atoms with Crippen LogP contribution in [0.2, 0.25) is 5.02 Å². The lowest BCUT2D eigenvalue weighted by Crippen LogP contribution is -2.23. The van der Waals surface area contributed by atoms with Crippen LogP contribution >= 0.6 is 11.6 Å². The molecule has 1 heterocycles. The van der Waals surface area contributed by atoms with Crippen molar-refractivity contribution in [3.05, 3.63) is 16.4 Å². The van der Waals surface area contributed by atoms with Gasteiger partial charge in [0, 0.05) is 0 Å². The Morgan fingerprint density at radius 2 is 1.88 bits per heavy atom. The molecule has 92 valence electrons. The maximum absolute atomic E-state index is 12.4. The largest absolute Gasteiger partial charge is 0.436 e. The minimum Gasteiger partial charge on any atom is -0.366 e. The average molecular weight is 259 g/mol. The standard InChI is InChI=1S/C8H10ClF3N2O2/c1-3-5(9)6(8(10,11)12)13-14(3)4(2)7(15)16/h4,7,15-16H,1-2H3. The second kappa shape index (κ2) is 4.23. The van der Waals surface area contributed by atoms with Gasteiger partial charge < -0.3 is 10.2 Å². The molecule has 0 amide bonds. The zero-order chi connectivity index (χ0) is 12.7. The van der Waals surface area contributed by atoms with Gasteiger partial charge in [0.15, 0.2) is 12.0 Å². The third-order valence-electron chi connectivity index (χ3n) is 2.16. The SMILES string of the molecule is Cc1c(Cl)c(C(F)(F)F)nn1C(C)C(O)O. The van der Waals surface area contributed by atoms with Gasteiger partial charge in [-0.2, -0.15) is 18.3 Å². The molecule has 0 aromatic carbocycles. The van der Waals surface area contributed by atoms with Gasteiger partial charge in [0.1, 0.15) is 0 Å². The topological polar surface area (TPSA) is 58.3 Å². The van der Waals surface area contributed by atoms with Crippen LogP contribution in [0.5, 0.6) is 0 Å². The van der Waals surface area contributed by atoms with Crippen molar-refractivity contribution in [2.24, 2.45) is 0 Å². The molecule has 8 heteroatoms. The summed E-state index contributed by atoms with van der Waals surface area (Å²) in [6.45, 7) is 2.64. The van der Waals surface area contributed by atoms with E-state index in [1.807, 2.05) is 0 Å². The van der Waals surface area contributed by atoms with Crippen molar-refractivity contribution in [2.45, 2.75) is 32.4 Å². The molecule has 2 N–H and O–H groups in total. The highest BCUT2D eigenvalue weighted by Crippen LogP contribution is 2.36. The molecule has 0 aliphatic rings. The maximum atomic E-state index is 12.4. The number of aliphatic hydroxyl groups is 2. The maximum Gasteiger partial charge on any atom is 0.436 e. The molecular formula is C8H10ClF3N2O2. The van der Waals surface area contributed by atoms with Crippen molar-refractivity contribution in [1.29, 1.82) is 0 Å². The van der Waals surface area contributed by atoms with E-state index < -0.39 is 29.2 Å².